The van der Waals surface area contributed by atoms with Gasteiger partial charge < -0.3 is 0 Å². The number of hydrogen-bond acceptors (Lipinski definition) is 0. The minimum absolute atomic E-state index is 0.741. The summed E-state index contributed by atoms with van der Waals surface area (Å²) >= 11 is 0. The van der Waals surface area contributed by atoms with Crippen LogP contribution in [0, 0.1) is 18.3 Å². The molecule has 0 heterocycles. The lowest BCUT2D eigenvalue weighted by atomic mass is 10.1. The lowest BCUT2D eigenvalue weighted by Gasteiger charge is -1.96. The first-order chi connectivity index (χ1) is 3.45. The van der Waals surface area contributed by atoms with Crippen LogP contribution < -0.4 is 0 Å². The SMILES string of the molecule is [C]1C2C=CC1CC2. The molecule has 2 bridgehead atoms. The predicted octanol–water partition coefficient (Wildman–Crippen LogP) is 1.66. The Balaban J connectivity index is 2.27. The summed E-state index contributed by atoms with van der Waals surface area (Å²) in [5, 5.41) is 0. The van der Waals surface area contributed by atoms with Crippen molar-refractivity contribution in [3.05, 3.63) is 18.6 Å². The van der Waals surface area contributed by atoms with Crippen molar-refractivity contribution in [2.75, 3.05) is 0 Å². The first kappa shape index (κ1) is 3.71. The summed E-state index contributed by atoms with van der Waals surface area (Å²) in [6.45, 7) is 0. The summed E-state index contributed by atoms with van der Waals surface area (Å²) in [6.07, 6.45) is 10.7. The molecule has 0 heteroatoms. The minimum Gasteiger partial charge on any atom is -0.0845 e. The number of rotatable bonds is 0. The molecule has 2 rings (SSSR count). The van der Waals surface area contributed by atoms with Crippen LogP contribution in [0.3, 0.4) is 0 Å². The van der Waals surface area contributed by atoms with Gasteiger partial charge in [-0.3, -0.25) is 0 Å². The summed E-state index contributed by atoms with van der Waals surface area (Å²) in [6, 6.07) is 0. The third-order valence-corrected chi connectivity index (χ3v) is 1.79. The number of fused-ring (bicyclic) bond motifs is 2. The van der Waals surface area contributed by atoms with Crippen molar-refractivity contribution >= 4 is 0 Å². The fourth-order valence-electron chi connectivity index (χ4n) is 1.37. The Morgan fingerprint density at radius 2 is 1.71 bits per heavy atom. The van der Waals surface area contributed by atoms with Gasteiger partial charge in [0.05, 0.1) is 0 Å². The van der Waals surface area contributed by atoms with E-state index >= 15 is 0 Å². The normalized spacial score (nSPS) is 45.7. The van der Waals surface area contributed by atoms with Gasteiger partial charge in [0, 0.05) is 0 Å². The minimum atomic E-state index is 0.741. The standard InChI is InChI=1S/C7H8/c1-2-7-4-3-6(1)5-7/h1-2,6-7H,3-4H2. The highest BCUT2D eigenvalue weighted by molar-refractivity contribution is 5.16. The average Bonchev–Trinajstić information content (AvgIpc) is 2.22. The van der Waals surface area contributed by atoms with E-state index in [4.69, 9.17) is 0 Å². The van der Waals surface area contributed by atoms with E-state index in [2.05, 4.69) is 18.6 Å². The van der Waals surface area contributed by atoms with Crippen molar-refractivity contribution in [3.63, 3.8) is 0 Å². The summed E-state index contributed by atoms with van der Waals surface area (Å²) < 4.78 is 0. The van der Waals surface area contributed by atoms with Gasteiger partial charge in [0.15, 0.2) is 0 Å². The largest absolute Gasteiger partial charge is 0.0845 e. The van der Waals surface area contributed by atoms with E-state index in [0.717, 1.165) is 11.8 Å². The highest BCUT2D eigenvalue weighted by atomic mass is 14.3. The molecule has 2 aliphatic rings. The number of allylic oxidation sites excluding steroid dienone is 2. The van der Waals surface area contributed by atoms with E-state index in [9.17, 15) is 0 Å². The summed E-state index contributed by atoms with van der Waals surface area (Å²) in [5.74, 6) is 1.48. The molecule has 1 saturated carbocycles. The van der Waals surface area contributed by atoms with Crippen molar-refractivity contribution in [2.24, 2.45) is 11.8 Å². The van der Waals surface area contributed by atoms with Crippen LogP contribution in [0.1, 0.15) is 12.8 Å². The first-order valence-electron chi connectivity index (χ1n) is 2.89. The third kappa shape index (κ3) is 0.425. The average molecular weight is 92.1 g/mol. The van der Waals surface area contributed by atoms with Gasteiger partial charge in [0.25, 0.3) is 0 Å². The van der Waals surface area contributed by atoms with Gasteiger partial charge in [-0.1, -0.05) is 12.2 Å². The van der Waals surface area contributed by atoms with Crippen LogP contribution >= 0.6 is 0 Å². The molecule has 2 unspecified atom stereocenters. The molecule has 1 fully saturated rings. The highest BCUT2D eigenvalue weighted by Crippen LogP contribution is 2.37. The van der Waals surface area contributed by atoms with E-state index in [1.165, 1.54) is 12.8 Å². The monoisotopic (exact) mass is 92.1 g/mol. The van der Waals surface area contributed by atoms with Gasteiger partial charge in [-0.15, -0.1) is 0 Å². The maximum absolute atomic E-state index is 3.42. The second-order valence-corrected chi connectivity index (χ2v) is 2.34. The van der Waals surface area contributed by atoms with Crippen molar-refractivity contribution < 1.29 is 0 Å². The predicted molar refractivity (Wildman–Crippen MR) is 28.6 cm³/mol. The Labute approximate surface area is 44.2 Å². The van der Waals surface area contributed by atoms with Crippen molar-refractivity contribution in [1.29, 1.82) is 0 Å². The van der Waals surface area contributed by atoms with E-state index in [1.807, 2.05) is 0 Å². The van der Waals surface area contributed by atoms with Crippen LogP contribution in [0.15, 0.2) is 12.2 Å². The van der Waals surface area contributed by atoms with E-state index < -0.39 is 0 Å². The molecule has 0 N–H and O–H groups in total. The Morgan fingerprint density at radius 3 is 1.86 bits per heavy atom. The zero-order valence-electron chi connectivity index (χ0n) is 4.22. The molecule has 0 aromatic rings. The topological polar surface area (TPSA) is 0 Å². The maximum atomic E-state index is 3.42. The lowest BCUT2D eigenvalue weighted by molar-refractivity contribution is 0.705. The quantitative estimate of drug-likeness (QED) is 0.399. The zero-order valence-corrected chi connectivity index (χ0v) is 4.22. The highest BCUT2D eigenvalue weighted by Gasteiger charge is 2.26. The van der Waals surface area contributed by atoms with Crippen molar-refractivity contribution in [2.45, 2.75) is 12.8 Å². The molecule has 2 atom stereocenters. The Kier molecular flexibility index (Phi) is 0.592. The van der Waals surface area contributed by atoms with Crippen LogP contribution in [0.2, 0.25) is 0 Å². The van der Waals surface area contributed by atoms with Gasteiger partial charge in [0.2, 0.25) is 0 Å². The van der Waals surface area contributed by atoms with Crippen LogP contribution in [0.25, 0.3) is 0 Å². The van der Waals surface area contributed by atoms with Crippen LogP contribution in [0.4, 0.5) is 0 Å². The molecule has 0 spiro atoms. The maximum Gasteiger partial charge on any atom is -0.00246 e. The molecule has 0 aliphatic heterocycles. The summed E-state index contributed by atoms with van der Waals surface area (Å²) in [7, 11) is 0. The zero-order chi connectivity index (χ0) is 4.69. The molecule has 0 nitrogen and oxygen atoms in total. The number of hydrogen-bond donors (Lipinski definition) is 0. The Morgan fingerprint density at radius 1 is 1.14 bits per heavy atom. The van der Waals surface area contributed by atoms with Crippen LogP contribution in [0.5, 0.6) is 0 Å². The summed E-state index contributed by atoms with van der Waals surface area (Å²) in [4.78, 5) is 0. The van der Waals surface area contributed by atoms with Crippen LogP contribution in [-0.2, 0) is 0 Å². The van der Waals surface area contributed by atoms with Gasteiger partial charge >= 0.3 is 0 Å². The molecule has 2 aliphatic carbocycles. The Bertz CT molecular complexity index is 90.6. The fraction of sp³-hybridized carbons (Fsp3) is 0.571. The molecular formula is C7H8. The second kappa shape index (κ2) is 1.12. The van der Waals surface area contributed by atoms with Gasteiger partial charge in [-0.25, -0.2) is 0 Å². The van der Waals surface area contributed by atoms with Crippen molar-refractivity contribution in [3.8, 4) is 0 Å². The van der Waals surface area contributed by atoms with E-state index in [0.29, 0.717) is 0 Å². The first-order valence-corrected chi connectivity index (χ1v) is 2.89. The molecule has 36 valence electrons. The summed E-state index contributed by atoms with van der Waals surface area (Å²) in [5.41, 5.74) is 0. The lowest BCUT2D eigenvalue weighted by Crippen LogP contribution is -1.82. The van der Waals surface area contributed by atoms with E-state index in [-0.39, 0.29) is 0 Å². The third-order valence-electron chi connectivity index (χ3n) is 1.79. The molecule has 2 radical (unpaired) electrons. The van der Waals surface area contributed by atoms with E-state index in [1.54, 1.807) is 0 Å². The van der Waals surface area contributed by atoms with Crippen molar-refractivity contribution in [1.82, 2.24) is 0 Å². The molecule has 0 saturated heterocycles. The molecule has 0 aromatic carbocycles. The molecular weight excluding hydrogens is 84.1 g/mol. The van der Waals surface area contributed by atoms with Gasteiger partial charge in [0.1, 0.15) is 0 Å². The molecule has 7 heavy (non-hydrogen) atoms. The van der Waals surface area contributed by atoms with Crippen LogP contribution in [-0.4, -0.2) is 0 Å². The van der Waals surface area contributed by atoms with Gasteiger partial charge in [-0.05, 0) is 31.1 Å². The molecule has 0 aromatic heterocycles. The Hall–Kier alpha value is -0.260. The second-order valence-electron chi connectivity index (χ2n) is 2.34. The molecule has 0 amide bonds. The van der Waals surface area contributed by atoms with Gasteiger partial charge in [-0.2, -0.15) is 0 Å². The smallest absolute Gasteiger partial charge is 0.00246 e. The fourth-order valence-corrected chi connectivity index (χ4v) is 1.37.